The summed E-state index contributed by atoms with van der Waals surface area (Å²) in [5.41, 5.74) is 2.43. The molecule has 0 spiro atoms. The van der Waals surface area contributed by atoms with E-state index in [0.29, 0.717) is 40.9 Å². The second-order valence-corrected chi connectivity index (χ2v) is 11.8. The molecule has 2 aromatic heterocycles. The van der Waals surface area contributed by atoms with E-state index < -0.39 is 11.1 Å². The average molecular weight is 530 g/mol. The van der Waals surface area contributed by atoms with Crippen LogP contribution in [0.2, 0.25) is 0 Å². The molecule has 9 heteroatoms. The van der Waals surface area contributed by atoms with Gasteiger partial charge in [0.1, 0.15) is 11.5 Å². The lowest BCUT2D eigenvalue weighted by molar-refractivity contribution is -0.245. The Bertz CT molecular complexity index is 1560. The van der Waals surface area contributed by atoms with Gasteiger partial charge in [0, 0.05) is 28.1 Å². The number of rotatable bonds is 5. The molecule has 0 radical (unpaired) electrons. The van der Waals surface area contributed by atoms with Gasteiger partial charge in [-0.05, 0) is 78.1 Å². The summed E-state index contributed by atoms with van der Waals surface area (Å²) in [6.07, 6.45) is 1.28. The Kier molecular flexibility index (Phi) is 6.68. The van der Waals surface area contributed by atoms with Crippen LogP contribution in [0.3, 0.4) is 0 Å². The summed E-state index contributed by atoms with van der Waals surface area (Å²) in [5, 5.41) is 25.2. The van der Waals surface area contributed by atoms with E-state index in [9.17, 15) is 14.8 Å². The van der Waals surface area contributed by atoms with E-state index >= 15 is 0 Å². The standard InChI is InChI=1S/C30H35N5O4/c1-18-25(19(2)39-33-18)26-23-9-7-8-10-24(23)28(37)34(32-26)17-20-11-13-21(14-12-20)27(36)31-22-15-29(3,4)35(38)30(5,6)16-22/h7-14,22,38H,15-17H2,1-6H3,(H,31,36). The molecular formula is C30H35N5O4. The summed E-state index contributed by atoms with van der Waals surface area (Å²) in [6, 6.07) is 14.6. The number of piperidine rings is 1. The molecule has 3 heterocycles. The minimum atomic E-state index is -0.452. The van der Waals surface area contributed by atoms with Crippen LogP contribution in [0.4, 0.5) is 0 Å². The summed E-state index contributed by atoms with van der Waals surface area (Å²) in [6.45, 7) is 11.8. The van der Waals surface area contributed by atoms with Gasteiger partial charge in [0.15, 0.2) is 0 Å². The van der Waals surface area contributed by atoms with Crippen LogP contribution in [0.25, 0.3) is 22.0 Å². The van der Waals surface area contributed by atoms with Crippen LogP contribution in [0, 0.1) is 13.8 Å². The number of aromatic nitrogens is 3. The van der Waals surface area contributed by atoms with Gasteiger partial charge in [-0.25, -0.2) is 4.68 Å². The quantitative estimate of drug-likeness (QED) is 0.380. The first-order valence-corrected chi connectivity index (χ1v) is 13.2. The SMILES string of the molecule is Cc1noc(C)c1-c1nn(Cc2ccc(C(=O)NC3CC(C)(C)N(O)C(C)(C)C3)cc2)c(=O)c2ccccc12. The monoisotopic (exact) mass is 529 g/mol. The number of hydrogen-bond donors (Lipinski definition) is 2. The molecule has 1 saturated heterocycles. The Labute approximate surface area is 227 Å². The topological polar surface area (TPSA) is 113 Å². The maximum Gasteiger partial charge on any atom is 0.274 e. The fraction of sp³-hybridized carbons (Fsp3) is 0.400. The minimum Gasteiger partial charge on any atom is -0.361 e. The summed E-state index contributed by atoms with van der Waals surface area (Å²) in [7, 11) is 0. The van der Waals surface area contributed by atoms with E-state index in [-0.39, 0.29) is 24.1 Å². The Balaban J connectivity index is 1.39. The molecule has 2 N–H and O–H groups in total. The number of hydrogen-bond acceptors (Lipinski definition) is 7. The number of carbonyl (C=O) groups is 1. The minimum absolute atomic E-state index is 0.0614. The number of nitrogens with one attached hydrogen (secondary N) is 1. The number of carbonyl (C=O) groups excluding carboxylic acids is 1. The molecule has 204 valence electrons. The third kappa shape index (κ3) is 4.99. The number of fused-ring (bicyclic) bond motifs is 1. The number of aryl methyl sites for hydroxylation is 2. The molecule has 1 aliphatic heterocycles. The fourth-order valence-corrected chi connectivity index (χ4v) is 5.92. The van der Waals surface area contributed by atoms with Gasteiger partial charge in [0.05, 0.1) is 23.2 Å². The van der Waals surface area contributed by atoms with Crippen molar-refractivity contribution in [2.45, 2.75) is 78.0 Å². The number of hydroxylamine groups is 2. The highest BCUT2D eigenvalue weighted by Gasteiger charge is 2.45. The van der Waals surface area contributed by atoms with Crippen molar-refractivity contribution in [3.8, 4) is 11.3 Å². The van der Waals surface area contributed by atoms with Gasteiger partial charge in [-0.3, -0.25) is 9.59 Å². The third-order valence-corrected chi connectivity index (χ3v) is 7.66. The van der Waals surface area contributed by atoms with Gasteiger partial charge in [-0.15, -0.1) is 0 Å². The lowest BCUT2D eigenvalue weighted by Gasteiger charge is -2.51. The summed E-state index contributed by atoms with van der Waals surface area (Å²) >= 11 is 0. The normalized spacial score (nSPS) is 17.4. The maximum absolute atomic E-state index is 13.3. The molecule has 9 nitrogen and oxygen atoms in total. The first kappa shape index (κ1) is 26.8. The van der Waals surface area contributed by atoms with Crippen LogP contribution >= 0.6 is 0 Å². The Morgan fingerprint density at radius 2 is 1.64 bits per heavy atom. The Morgan fingerprint density at radius 1 is 1.03 bits per heavy atom. The number of nitrogens with zero attached hydrogens (tertiary/aromatic N) is 4. The van der Waals surface area contributed by atoms with Gasteiger partial charge in [-0.1, -0.05) is 35.5 Å². The predicted molar refractivity (Wildman–Crippen MR) is 149 cm³/mol. The van der Waals surface area contributed by atoms with Crippen molar-refractivity contribution in [2.75, 3.05) is 0 Å². The molecule has 0 atom stereocenters. The Hall–Kier alpha value is -3.82. The van der Waals surface area contributed by atoms with Crippen LogP contribution in [0.15, 0.2) is 57.8 Å². The molecule has 0 unspecified atom stereocenters. The molecule has 39 heavy (non-hydrogen) atoms. The van der Waals surface area contributed by atoms with Crippen molar-refractivity contribution < 1.29 is 14.5 Å². The van der Waals surface area contributed by atoms with E-state index in [1.807, 2.05) is 71.9 Å². The van der Waals surface area contributed by atoms with Gasteiger partial charge in [0.25, 0.3) is 11.5 Å². The highest BCUT2D eigenvalue weighted by Crippen LogP contribution is 2.36. The largest absolute Gasteiger partial charge is 0.361 e. The second kappa shape index (κ2) is 9.73. The van der Waals surface area contributed by atoms with Gasteiger partial charge in [-0.2, -0.15) is 10.2 Å². The van der Waals surface area contributed by atoms with Crippen LogP contribution < -0.4 is 10.9 Å². The highest BCUT2D eigenvalue weighted by atomic mass is 16.5. The van der Waals surface area contributed by atoms with E-state index in [4.69, 9.17) is 9.62 Å². The van der Waals surface area contributed by atoms with Crippen molar-refractivity contribution in [1.29, 1.82) is 0 Å². The zero-order valence-electron chi connectivity index (χ0n) is 23.3. The van der Waals surface area contributed by atoms with Gasteiger partial charge in [0.2, 0.25) is 0 Å². The van der Waals surface area contributed by atoms with Crippen molar-refractivity contribution in [3.05, 3.63) is 81.5 Å². The lowest BCUT2D eigenvalue weighted by Crippen LogP contribution is -2.62. The van der Waals surface area contributed by atoms with E-state index in [2.05, 4.69) is 10.5 Å². The third-order valence-electron chi connectivity index (χ3n) is 7.66. The summed E-state index contributed by atoms with van der Waals surface area (Å²) < 4.78 is 6.82. The highest BCUT2D eigenvalue weighted by molar-refractivity contribution is 5.95. The molecule has 0 bridgehead atoms. The zero-order chi connectivity index (χ0) is 28.1. The van der Waals surface area contributed by atoms with Crippen molar-refractivity contribution in [1.82, 2.24) is 25.3 Å². The van der Waals surface area contributed by atoms with Gasteiger partial charge >= 0.3 is 0 Å². The van der Waals surface area contributed by atoms with Crippen molar-refractivity contribution >= 4 is 16.7 Å². The van der Waals surface area contributed by atoms with Gasteiger partial charge < -0.3 is 15.0 Å². The smallest absolute Gasteiger partial charge is 0.274 e. The summed E-state index contributed by atoms with van der Waals surface area (Å²) in [5.74, 6) is 0.480. The molecule has 1 aliphatic rings. The molecule has 0 saturated carbocycles. The van der Waals surface area contributed by atoms with E-state index in [0.717, 1.165) is 16.5 Å². The molecule has 5 rings (SSSR count). The molecule has 1 fully saturated rings. The molecule has 0 aliphatic carbocycles. The first-order valence-electron chi connectivity index (χ1n) is 13.2. The van der Waals surface area contributed by atoms with Crippen LogP contribution in [0.1, 0.15) is 67.9 Å². The zero-order valence-corrected chi connectivity index (χ0v) is 23.3. The maximum atomic E-state index is 13.3. The first-order chi connectivity index (χ1) is 18.4. The average Bonchev–Trinajstić information content (AvgIpc) is 3.22. The fourth-order valence-electron chi connectivity index (χ4n) is 5.92. The van der Waals surface area contributed by atoms with Crippen LogP contribution in [-0.4, -0.2) is 48.2 Å². The lowest BCUT2D eigenvalue weighted by atomic mass is 9.79. The van der Waals surface area contributed by atoms with Crippen LogP contribution in [-0.2, 0) is 6.54 Å². The van der Waals surface area contributed by atoms with Crippen molar-refractivity contribution in [3.63, 3.8) is 0 Å². The van der Waals surface area contributed by atoms with E-state index in [1.54, 1.807) is 18.2 Å². The number of amides is 1. The Morgan fingerprint density at radius 3 is 2.23 bits per heavy atom. The molecule has 4 aromatic rings. The van der Waals surface area contributed by atoms with E-state index in [1.165, 1.54) is 9.75 Å². The molecule has 1 amide bonds. The van der Waals surface area contributed by atoms with Crippen molar-refractivity contribution in [2.24, 2.45) is 0 Å². The van der Waals surface area contributed by atoms with Crippen LogP contribution in [0.5, 0.6) is 0 Å². The summed E-state index contributed by atoms with van der Waals surface area (Å²) in [4.78, 5) is 26.4. The number of benzene rings is 2. The molecular weight excluding hydrogens is 494 g/mol. The second-order valence-electron chi connectivity index (χ2n) is 11.8. The predicted octanol–water partition coefficient (Wildman–Crippen LogP) is 4.86. The molecule has 2 aromatic carbocycles.